The van der Waals surface area contributed by atoms with Crippen LogP contribution in [0.4, 0.5) is 0 Å². The molecule has 0 radical (unpaired) electrons. The number of carbonyl (C=O) groups is 11. The molecular formula is C65H122N12O17. The van der Waals surface area contributed by atoms with E-state index in [0.717, 1.165) is 30.9 Å². The summed E-state index contributed by atoms with van der Waals surface area (Å²) in [6, 6.07) is -2.60. The first kappa shape index (κ1) is 87.9. The van der Waals surface area contributed by atoms with Crippen molar-refractivity contribution in [2.75, 3.05) is 118 Å². The van der Waals surface area contributed by atoms with Crippen molar-refractivity contribution in [3.8, 4) is 0 Å². The van der Waals surface area contributed by atoms with Gasteiger partial charge in [0.2, 0.25) is 65.0 Å². The molecule has 0 heterocycles. The van der Waals surface area contributed by atoms with E-state index in [2.05, 4.69) is 5.32 Å². The van der Waals surface area contributed by atoms with Crippen LogP contribution in [0.2, 0.25) is 0 Å². The third kappa shape index (κ3) is 32.1. The van der Waals surface area contributed by atoms with Crippen LogP contribution in [-0.4, -0.2) is 341 Å². The van der Waals surface area contributed by atoms with E-state index in [1.807, 2.05) is 34.6 Å². The molecule has 11 amide bonds. The van der Waals surface area contributed by atoms with E-state index in [1.165, 1.54) is 78.0 Å². The van der Waals surface area contributed by atoms with Gasteiger partial charge in [-0.25, -0.2) is 0 Å². The number of rotatable bonds is 46. The van der Waals surface area contributed by atoms with Gasteiger partial charge in [0.25, 0.3) is 0 Å². The zero-order valence-corrected chi connectivity index (χ0v) is 60.3. The maximum Gasteiger partial charge on any atom is 0.242 e. The van der Waals surface area contributed by atoms with Crippen molar-refractivity contribution in [2.24, 2.45) is 0 Å². The molecule has 544 valence electrons. The predicted octanol–water partition coefficient (Wildman–Crippen LogP) is -0.604. The van der Waals surface area contributed by atoms with Crippen molar-refractivity contribution in [2.45, 2.75) is 236 Å². The van der Waals surface area contributed by atoms with Gasteiger partial charge in [-0.15, -0.1) is 0 Å². The molecule has 94 heavy (non-hydrogen) atoms. The lowest BCUT2D eigenvalue weighted by atomic mass is 10.1. The van der Waals surface area contributed by atoms with Crippen LogP contribution in [0.25, 0.3) is 0 Å². The summed E-state index contributed by atoms with van der Waals surface area (Å²) in [7, 11) is 1.44. The number of hydrogen-bond acceptors (Lipinski definition) is 18. The molecule has 0 bridgehead atoms. The van der Waals surface area contributed by atoms with E-state index < -0.39 is 192 Å². The first-order chi connectivity index (χ1) is 43.7. The Morgan fingerprint density at radius 2 is 0.457 bits per heavy atom. The number of likely N-dealkylation sites (N-methyl/N-ethyl adjacent to an activating group) is 1. The summed E-state index contributed by atoms with van der Waals surface area (Å²) in [6.07, 6.45) is -3.90. The van der Waals surface area contributed by atoms with Crippen LogP contribution in [0.15, 0.2) is 0 Å². The Morgan fingerprint density at radius 3 is 0.681 bits per heavy atom. The fourth-order valence-electron chi connectivity index (χ4n) is 9.95. The van der Waals surface area contributed by atoms with Gasteiger partial charge in [0.05, 0.1) is 75.9 Å². The molecule has 0 spiro atoms. The van der Waals surface area contributed by atoms with E-state index in [4.69, 9.17) is 0 Å². The fraction of sp³-hybridized carbons (Fsp3) is 0.831. The summed E-state index contributed by atoms with van der Waals surface area (Å²) in [4.78, 5) is 169. The number of hydrogen-bond donors (Lipinski definition) is 7. The lowest BCUT2D eigenvalue weighted by molar-refractivity contribution is -0.152. The van der Waals surface area contributed by atoms with Crippen LogP contribution in [0, 0.1) is 0 Å². The second-order valence-electron chi connectivity index (χ2n) is 25.8. The number of nitrogens with one attached hydrogen (secondary N) is 1. The first-order valence-corrected chi connectivity index (χ1v) is 33.7. The van der Waals surface area contributed by atoms with Crippen LogP contribution < -0.4 is 5.32 Å². The Kier molecular flexibility index (Phi) is 41.7. The summed E-state index contributed by atoms with van der Waals surface area (Å²) in [5, 5.41) is 65.7. The largest absolute Gasteiger partial charge is 0.392 e. The Labute approximate surface area is 560 Å². The highest BCUT2D eigenvalue weighted by atomic mass is 16.3. The summed E-state index contributed by atoms with van der Waals surface area (Å²) < 4.78 is 0. The molecular weight excluding hydrogens is 1220 g/mol. The minimum atomic E-state index is -1.22. The standard InChI is InChI=1S/C65H122N12O17/c1-20-43(7)66-26-55(84)73(44(8)21-2)40-63(92)74(45(9)22-3)38-60(89)71(31-53(17)82)36-58(87)69(29-51(15)80)34-59(88)72(32-54(18)83)37-62(91)76(47(11)24-5)41-65(94)77(48(12)25-6)42-64(93)75(46(10)23-4)39-61(90)70(30-52(16)81)35-57(86)68(28-50(14)79)33-56(85)67(19)27-49(13)78/h43-54,66,78-83H,20-42H2,1-19H3. The third-order valence-electron chi connectivity index (χ3n) is 16.7. The quantitative estimate of drug-likeness (QED) is 0.0400. The van der Waals surface area contributed by atoms with Crippen molar-refractivity contribution in [1.82, 2.24) is 59.2 Å². The zero-order chi connectivity index (χ0) is 72.6. The molecule has 0 aromatic rings. The number of aliphatic hydroxyl groups excluding tert-OH is 6. The Hall–Kier alpha value is -6.11. The van der Waals surface area contributed by atoms with E-state index in [1.54, 1.807) is 48.5 Å². The molecule has 0 aliphatic carbocycles. The van der Waals surface area contributed by atoms with Gasteiger partial charge in [-0.05, 0) is 122 Å². The van der Waals surface area contributed by atoms with Crippen molar-refractivity contribution in [1.29, 1.82) is 0 Å². The molecule has 29 nitrogen and oxygen atoms in total. The maximum atomic E-state index is 14.7. The molecule has 12 atom stereocenters. The third-order valence-corrected chi connectivity index (χ3v) is 16.7. The average Bonchev–Trinajstić information content (AvgIpc) is 0.899. The van der Waals surface area contributed by atoms with Crippen LogP contribution in [-0.2, 0) is 52.7 Å². The fourth-order valence-corrected chi connectivity index (χ4v) is 9.95. The van der Waals surface area contributed by atoms with Gasteiger partial charge in [0.1, 0.15) is 32.7 Å². The summed E-state index contributed by atoms with van der Waals surface area (Å²) in [5.74, 6) is -7.31. The van der Waals surface area contributed by atoms with E-state index >= 15 is 0 Å². The average molecular weight is 1340 g/mol. The Morgan fingerprint density at radius 1 is 0.266 bits per heavy atom. The number of carbonyl (C=O) groups excluding carboxylic acids is 11. The Balaban J connectivity index is 7.02. The van der Waals surface area contributed by atoms with Crippen molar-refractivity contribution in [3.63, 3.8) is 0 Å². The number of aliphatic hydroxyl groups is 6. The first-order valence-electron chi connectivity index (χ1n) is 33.7. The summed E-state index contributed by atoms with van der Waals surface area (Å²) in [5.41, 5.74) is 0. The smallest absolute Gasteiger partial charge is 0.242 e. The van der Waals surface area contributed by atoms with Gasteiger partial charge in [0.15, 0.2) is 0 Å². The van der Waals surface area contributed by atoms with Gasteiger partial charge < -0.3 is 89.9 Å². The van der Waals surface area contributed by atoms with Crippen LogP contribution in [0.5, 0.6) is 0 Å². The molecule has 0 saturated heterocycles. The van der Waals surface area contributed by atoms with Gasteiger partial charge in [0, 0.05) is 82.6 Å². The highest BCUT2D eigenvalue weighted by Gasteiger charge is 2.36. The van der Waals surface area contributed by atoms with Gasteiger partial charge in [-0.1, -0.05) is 41.5 Å². The molecule has 0 aliphatic rings. The van der Waals surface area contributed by atoms with Crippen LogP contribution in [0.3, 0.4) is 0 Å². The van der Waals surface area contributed by atoms with Crippen LogP contribution >= 0.6 is 0 Å². The summed E-state index contributed by atoms with van der Waals surface area (Å²) >= 11 is 0. The van der Waals surface area contributed by atoms with Crippen LogP contribution in [0.1, 0.15) is 163 Å². The van der Waals surface area contributed by atoms with Crippen molar-refractivity contribution < 1.29 is 83.4 Å². The maximum absolute atomic E-state index is 14.7. The normalized spacial score (nSPS) is 15.2. The van der Waals surface area contributed by atoms with Gasteiger partial charge in [-0.2, -0.15) is 0 Å². The van der Waals surface area contributed by atoms with E-state index in [0.29, 0.717) is 32.1 Å². The zero-order valence-electron chi connectivity index (χ0n) is 60.3. The van der Waals surface area contributed by atoms with Gasteiger partial charge >= 0.3 is 0 Å². The second kappa shape index (κ2) is 44.6. The molecule has 0 saturated carbocycles. The SMILES string of the molecule is CCC(C)NCC(=O)N(CC(=O)N(CC(=O)N(CC(=O)N(CC(=O)N(CC(=O)N(CC(=O)N(CC(=O)N(CC(=O)N(CC(=O)N(CC(=O)N(C)CC(C)O)CC(C)O)CC(C)O)C(C)CC)C(C)CC)C(C)CC)CC(C)O)CC(C)O)CC(C)O)C(C)CC)C(C)CC. The molecule has 0 fully saturated rings. The molecule has 0 aromatic carbocycles. The lowest BCUT2D eigenvalue weighted by Gasteiger charge is -2.37. The lowest BCUT2D eigenvalue weighted by Crippen LogP contribution is -2.56. The monoisotopic (exact) mass is 1340 g/mol. The summed E-state index contributed by atoms with van der Waals surface area (Å²) in [6.45, 7) is 22.3. The van der Waals surface area contributed by atoms with Crippen molar-refractivity contribution in [3.05, 3.63) is 0 Å². The number of nitrogens with zero attached hydrogens (tertiary/aromatic N) is 11. The molecule has 12 unspecified atom stereocenters. The highest BCUT2D eigenvalue weighted by molar-refractivity contribution is 5.95. The number of amides is 11. The molecule has 0 aromatic heterocycles. The minimum absolute atomic E-state index is 0.00138. The topological polar surface area (TPSA) is 357 Å². The molecule has 0 aliphatic heterocycles. The predicted molar refractivity (Wildman–Crippen MR) is 356 cm³/mol. The van der Waals surface area contributed by atoms with E-state index in [9.17, 15) is 83.4 Å². The van der Waals surface area contributed by atoms with Crippen molar-refractivity contribution >= 4 is 65.0 Å². The molecule has 29 heteroatoms. The molecule has 0 rings (SSSR count). The van der Waals surface area contributed by atoms with Gasteiger partial charge in [-0.3, -0.25) is 52.7 Å². The Bertz CT molecular complexity index is 2380. The second-order valence-corrected chi connectivity index (χ2v) is 25.8. The highest BCUT2D eigenvalue weighted by Crippen LogP contribution is 2.17. The van der Waals surface area contributed by atoms with E-state index in [-0.39, 0.29) is 57.3 Å². The molecule has 7 N–H and O–H groups in total. The minimum Gasteiger partial charge on any atom is -0.392 e.